The van der Waals surface area contributed by atoms with Crippen LogP contribution >= 0.6 is 11.3 Å². The molecule has 3 aromatic rings. The molecular weight excluding hydrogens is 679 g/mol. The molecule has 49 heavy (non-hydrogen) atoms. The topological polar surface area (TPSA) is 139 Å². The predicted octanol–water partition coefficient (Wildman–Crippen LogP) is 4.89. The molecule has 15 heteroatoms. The van der Waals surface area contributed by atoms with Crippen molar-refractivity contribution in [3.05, 3.63) is 53.6 Å². The van der Waals surface area contributed by atoms with Gasteiger partial charge >= 0.3 is 6.09 Å². The van der Waals surface area contributed by atoms with E-state index in [1.54, 1.807) is 12.1 Å². The number of thiazole rings is 1. The van der Waals surface area contributed by atoms with E-state index in [1.807, 2.05) is 13.8 Å². The number of aromatic nitrogens is 1. The van der Waals surface area contributed by atoms with Crippen molar-refractivity contribution in [2.75, 3.05) is 31.6 Å². The number of nitrogens with one attached hydrogen (secondary N) is 2. The molecule has 0 radical (unpaired) electrons. The number of carbonyl (C=O) groups is 1. The molecule has 0 spiro atoms. The number of fused-ring (bicyclic) bond motifs is 1. The van der Waals surface area contributed by atoms with Crippen LogP contribution in [0, 0.1) is 35.3 Å². The molecule has 7 atom stereocenters. The van der Waals surface area contributed by atoms with E-state index in [0.717, 1.165) is 42.6 Å². The second kappa shape index (κ2) is 14.0. The molecule has 11 nitrogen and oxygen atoms in total. The van der Waals surface area contributed by atoms with Crippen molar-refractivity contribution in [2.45, 2.75) is 81.4 Å². The minimum Gasteiger partial charge on any atom is -0.446 e. The summed E-state index contributed by atoms with van der Waals surface area (Å²) in [6, 6.07) is 7.01. The number of hydrogen-bond donors (Lipinski definition) is 3. The maximum atomic E-state index is 14.2. The van der Waals surface area contributed by atoms with Crippen LogP contribution in [0.1, 0.15) is 45.1 Å². The van der Waals surface area contributed by atoms with Gasteiger partial charge in [0.15, 0.2) is 11.4 Å². The maximum absolute atomic E-state index is 14.2. The monoisotopic (exact) mass is 720 g/mol. The fourth-order valence-corrected chi connectivity index (χ4v) is 10.1. The standard InChI is InChI=1S/C34H42F2N4O7S2/c1-18(2)15-40(49(43,44)24-5-6-26-30(14-24)48-33(38-26)37-23-3-4-23)16-28(41)27(11-19-9-21(35)13-22(36)10-19)39-34(42)47-29-12-20-17-46-32-31(20)25(29)7-8-45-32/h5-6,9-10,13-14,18,20,23,25,27-29,31-32,41H,3-4,7-8,11-12,15-17H2,1-2H3,(H,37,38)(H,39,42)/t20-,25?,27+,28-,29-,31+,32+/m1/s1. The van der Waals surface area contributed by atoms with Gasteiger partial charge in [-0.1, -0.05) is 25.2 Å². The van der Waals surface area contributed by atoms with Gasteiger partial charge in [-0.05, 0) is 79.8 Å². The molecule has 4 aliphatic rings. The molecule has 2 saturated carbocycles. The van der Waals surface area contributed by atoms with Crippen LogP contribution in [0.15, 0.2) is 41.3 Å². The Labute approximate surface area is 288 Å². The predicted molar refractivity (Wildman–Crippen MR) is 179 cm³/mol. The molecule has 2 aliphatic carbocycles. The van der Waals surface area contributed by atoms with Gasteiger partial charge < -0.3 is 30.0 Å². The van der Waals surface area contributed by atoms with Crippen LogP contribution in [0.3, 0.4) is 0 Å². The SMILES string of the molecule is CC(C)CN(C[C@@H](O)[C@H](Cc1cc(F)cc(F)c1)NC(=O)O[C@@H]1C[C@@H]2CO[C@@H]3OCCC1[C@H]23)S(=O)(=O)c1ccc2nc(NC3CC3)sc2c1. The lowest BCUT2D eigenvalue weighted by atomic mass is 9.87. The minimum absolute atomic E-state index is 0.0520. The fraction of sp³-hybridized carbons (Fsp3) is 0.588. The van der Waals surface area contributed by atoms with Gasteiger partial charge in [-0.15, -0.1) is 0 Å². The van der Waals surface area contributed by atoms with E-state index in [-0.39, 0.29) is 66.0 Å². The number of aliphatic hydroxyl groups is 1. The van der Waals surface area contributed by atoms with Crippen molar-refractivity contribution in [2.24, 2.45) is 23.7 Å². The number of carbonyl (C=O) groups excluding carboxylic acids is 1. The van der Waals surface area contributed by atoms with Crippen molar-refractivity contribution in [3.8, 4) is 0 Å². The average molecular weight is 721 g/mol. The molecule has 2 aromatic carbocycles. The number of hydrogen-bond acceptors (Lipinski definition) is 10. The van der Waals surface area contributed by atoms with E-state index in [4.69, 9.17) is 14.2 Å². The van der Waals surface area contributed by atoms with Gasteiger partial charge in [0.05, 0.1) is 40.5 Å². The third-order valence-corrected chi connectivity index (χ3v) is 12.6. The number of amides is 1. The Morgan fingerprint density at radius 3 is 2.63 bits per heavy atom. The zero-order valence-corrected chi connectivity index (χ0v) is 29.0. The number of alkyl carbamates (subject to hydrolysis) is 1. The van der Waals surface area contributed by atoms with Gasteiger partial charge in [-0.25, -0.2) is 27.0 Å². The molecule has 2 aliphatic heterocycles. The summed E-state index contributed by atoms with van der Waals surface area (Å²) in [5, 5.41) is 18.4. The molecule has 3 N–H and O–H groups in total. The van der Waals surface area contributed by atoms with Crippen molar-refractivity contribution in [3.63, 3.8) is 0 Å². The van der Waals surface area contributed by atoms with Gasteiger partial charge in [0.2, 0.25) is 10.0 Å². The van der Waals surface area contributed by atoms with Crippen LogP contribution in [0.5, 0.6) is 0 Å². The summed E-state index contributed by atoms with van der Waals surface area (Å²) in [5.74, 6) is -1.30. The van der Waals surface area contributed by atoms with E-state index >= 15 is 0 Å². The van der Waals surface area contributed by atoms with Crippen LogP contribution in [0.25, 0.3) is 10.2 Å². The molecular formula is C34H42F2N4O7S2. The summed E-state index contributed by atoms with van der Waals surface area (Å²) in [4.78, 5) is 18.0. The Morgan fingerprint density at radius 2 is 1.90 bits per heavy atom. The number of anilines is 1. The largest absolute Gasteiger partial charge is 0.446 e. The highest BCUT2D eigenvalue weighted by Gasteiger charge is 2.55. The summed E-state index contributed by atoms with van der Waals surface area (Å²) < 4.78 is 75.9. The van der Waals surface area contributed by atoms with Crippen molar-refractivity contribution < 1.29 is 41.3 Å². The van der Waals surface area contributed by atoms with Crippen LogP contribution in [-0.2, 0) is 30.7 Å². The molecule has 4 fully saturated rings. The van der Waals surface area contributed by atoms with Crippen molar-refractivity contribution in [1.29, 1.82) is 0 Å². The highest BCUT2D eigenvalue weighted by molar-refractivity contribution is 7.89. The first-order chi connectivity index (χ1) is 23.4. The maximum Gasteiger partial charge on any atom is 0.407 e. The second-order valence-electron chi connectivity index (χ2n) is 14.1. The van der Waals surface area contributed by atoms with E-state index in [0.29, 0.717) is 35.9 Å². The Hall–Kier alpha value is -2.95. The first-order valence-electron chi connectivity index (χ1n) is 16.9. The molecule has 1 unspecified atom stereocenters. The number of nitrogens with zero attached hydrogens (tertiary/aromatic N) is 2. The Bertz CT molecular complexity index is 1770. The molecule has 2 saturated heterocycles. The third-order valence-electron chi connectivity index (χ3n) is 9.84. The number of sulfonamides is 1. The van der Waals surface area contributed by atoms with Gasteiger partial charge in [-0.2, -0.15) is 4.31 Å². The summed E-state index contributed by atoms with van der Waals surface area (Å²) in [6.07, 6.45) is 0.396. The molecule has 1 aromatic heterocycles. The molecule has 0 bridgehead atoms. The van der Waals surface area contributed by atoms with E-state index < -0.39 is 39.9 Å². The van der Waals surface area contributed by atoms with Gasteiger partial charge in [0, 0.05) is 37.0 Å². The summed E-state index contributed by atoms with van der Waals surface area (Å²) in [7, 11) is -4.13. The van der Waals surface area contributed by atoms with Crippen molar-refractivity contribution >= 4 is 42.8 Å². The lowest BCUT2D eigenvalue weighted by Crippen LogP contribution is -2.51. The number of halogens is 2. The van der Waals surface area contributed by atoms with Crippen molar-refractivity contribution in [1.82, 2.24) is 14.6 Å². The van der Waals surface area contributed by atoms with Gasteiger partial charge in [-0.3, -0.25) is 0 Å². The van der Waals surface area contributed by atoms with Crippen LogP contribution in [-0.4, -0.2) is 85.8 Å². The van der Waals surface area contributed by atoms with E-state index in [1.165, 1.54) is 21.7 Å². The molecule has 266 valence electrons. The lowest BCUT2D eigenvalue weighted by molar-refractivity contribution is -0.173. The minimum atomic E-state index is -4.13. The second-order valence-corrected chi connectivity index (χ2v) is 17.1. The zero-order chi connectivity index (χ0) is 34.4. The third kappa shape index (κ3) is 7.71. The Kier molecular flexibility index (Phi) is 9.85. The van der Waals surface area contributed by atoms with Crippen LogP contribution in [0.2, 0.25) is 0 Å². The highest BCUT2D eigenvalue weighted by Crippen LogP contribution is 2.50. The average Bonchev–Trinajstić information content (AvgIpc) is 3.44. The molecule has 3 heterocycles. The zero-order valence-electron chi connectivity index (χ0n) is 27.4. The Balaban J connectivity index is 1.10. The summed E-state index contributed by atoms with van der Waals surface area (Å²) in [5.41, 5.74) is 0.869. The summed E-state index contributed by atoms with van der Waals surface area (Å²) >= 11 is 1.38. The van der Waals surface area contributed by atoms with E-state index in [9.17, 15) is 27.1 Å². The quantitative estimate of drug-likeness (QED) is 0.225. The normalized spacial score (nSPS) is 26.2. The molecule has 7 rings (SSSR count). The van der Waals surface area contributed by atoms with E-state index in [2.05, 4.69) is 15.6 Å². The van der Waals surface area contributed by atoms with Gasteiger partial charge in [0.1, 0.15) is 17.7 Å². The Morgan fingerprint density at radius 1 is 1.12 bits per heavy atom. The summed E-state index contributed by atoms with van der Waals surface area (Å²) in [6.45, 7) is 4.46. The first kappa shape index (κ1) is 34.5. The highest BCUT2D eigenvalue weighted by atomic mass is 32.2. The lowest BCUT2D eigenvalue weighted by Gasteiger charge is -2.33. The fourth-order valence-electron chi connectivity index (χ4n) is 7.44. The van der Waals surface area contributed by atoms with Crippen LogP contribution < -0.4 is 10.6 Å². The smallest absolute Gasteiger partial charge is 0.407 e. The number of benzene rings is 2. The number of aliphatic hydroxyl groups excluding tert-OH is 1. The molecule has 1 amide bonds. The van der Waals surface area contributed by atoms with Gasteiger partial charge in [0.25, 0.3) is 0 Å². The van der Waals surface area contributed by atoms with Crippen LogP contribution in [0.4, 0.5) is 18.7 Å². The first-order valence-corrected chi connectivity index (χ1v) is 19.2. The number of rotatable bonds is 13. The number of ether oxygens (including phenoxy) is 3.